The molecule has 0 bridgehead atoms. The average Bonchev–Trinajstić information content (AvgIpc) is 3.03. The number of aliphatic hydroxyl groups is 1. The lowest BCUT2D eigenvalue weighted by Gasteiger charge is -2.06. The van der Waals surface area contributed by atoms with Crippen molar-refractivity contribution >= 4 is 16.7 Å². The van der Waals surface area contributed by atoms with Crippen molar-refractivity contribution in [2.24, 2.45) is 5.92 Å². The largest absolute Gasteiger partial charge is 0.494 e. The second-order valence-corrected chi connectivity index (χ2v) is 4.95. The first-order chi connectivity index (χ1) is 10.9. The first kappa shape index (κ1) is 14.4. The van der Waals surface area contributed by atoms with Crippen molar-refractivity contribution in [2.75, 3.05) is 25.1 Å². The van der Waals surface area contributed by atoms with Crippen LogP contribution in [0.2, 0.25) is 0 Å². The van der Waals surface area contributed by atoms with Gasteiger partial charge in [-0.1, -0.05) is 18.1 Å². The highest BCUT2D eigenvalue weighted by atomic mass is 16.5. The van der Waals surface area contributed by atoms with E-state index in [0.29, 0.717) is 12.4 Å². The molecule has 5 nitrogen and oxygen atoms in total. The predicted molar refractivity (Wildman–Crippen MR) is 85.0 cm³/mol. The molecule has 1 aromatic carbocycles. The number of nitrogens with zero attached hydrogens (tertiary/aromatic N) is 2. The summed E-state index contributed by atoms with van der Waals surface area (Å²) < 4.78 is 5.27. The molecule has 1 aromatic heterocycles. The fourth-order valence-electron chi connectivity index (χ4n) is 2.29. The number of para-hydroxylation sites is 1. The summed E-state index contributed by atoms with van der Waals surface area (Å²) in [4.78, 5) is 8.51. The Kier molecular flexibility index (Phi) is 4.52. The number of fused-ring (bicyclic) bond motifs is 1. The van der Waals surface area contributed by atoms with Gasteiger partial charge in [0, 0.05) is 18.4 Å². The second-order valence-electron chi connectivity index (χ2n) is 4.95. The fraction of sp³-hybridized carbons (Fsp3) is 0.294. The van der Waals surface area contributed by atoms with Gasteiger partial charge in [0.05, 0.1) is 11.4 Å². The van der Waals surface area contributed by atoms with Gasteiger partial charge in [-0.05, 0) is 18.2 Å². The highest BCUT2D eigenvalue weighted by molar-refractivity contribution is 5.88. The smallest absolute Gasteiger partial charge is 0.137 e. The predicted octanol–water partition coefficient (Wildman–Crippen LogP) is 1.96. The van der Waals surface area contributed by atoms with Gasteiger partial charge in [0.25, 0.3) is 0 Å². The topological polar surface area (TPSA) is 67.3 Å². The monoisotopic (exact) mass is 295 g/mol. The molecule has 1 unspecified atom stereocenters. The van der Waals surface area contributed by atoms with Gasteiger partial charge in [0.2, 0.25) is 0 Å². The third-order valence-corrected chi connectivity index (χ3v) is 3.36. The summed E-state index contributed by atoms with van der Waals surface area (Å²) in [5, 5.41) is 13.2. The highest BCUT2D eigenvalue weighted by Crippen LogP contribution is 2.18. The van der Waals surface area contributed by atoms with Gasteiger partial charge in [-0.25, -0.2) is 9.97 Å². The molecule has 1 aliphatic heterocycles. The molecule has 2 aromatic rings. The Hall–Kier alpha value is -2.58. The summed E-state index contributed by atoms with van der Waals surface area (Å²) in [6.07, 6.45) is 4.16. The Morgan fingerprint density at radius 3 is 3.09 bits per heavy atom. The summed E-state index contributed by atoms with van der Waals surface area (Å²) in [5.74, 6) is 7.80. The minimum absolute atomic E-state index is 0.0550. The van der Waals surface area contributed by atoms with Crippen LogP contribution >= 0.6 is 0 Å². The maximum atomic E-state index is 8.94. The first-order valence-electron chi connectivity index (χ1n) is 7.23. The van der Waals surface area contributed by atoms with Gasteiger partial charge in [0.1, 0.15) is 31.1 Å². The lowest BCUT2D eigenvalue weighted by atomic mass is 10.1. The normalized spacial score (nSPS) is 16.6. The Morgan fingerprint density at radius 1 is 1.32 bits per heavy atom. The summed E-state index contributed by atoms with van der Waals surface area (Å²) in [6, 6.07) is 7.90. The second kappa shape index (κ2) is 6.92. The van der Waals surface area contributed by atoms with Crippen LogP contribution in [0.1, 0.15) is 6.42 Å². The zero-order chi connectivity index (χ0) is 15.2. The van der Waals surface area contributed by atoms with Crippen molar-refractivity contribution in [3.05, 3.63) is 42.4 Å². The maximum absolute atomic E-state index is 8.94. The lowest BCUT2D eigenvalue weighted by Crippen LogP contribution is -2.03. The lowest BCUT2D eigenvalue weighted by molar-refractivity contribution is 0.178. The van der Waals surface area contributed by atoms with E-state index >= 15 is 0 Å². The molecule has 3 rings (SSSR count). The van der Waals surface area contributed by atoms with E-state index in [1.165, 1.54) is 0 Å². The molecule has 5 heteroatoms. The van der Waals surface area contributed by atoms with Crippen molar-refractivity contribution in [1.82, 2.24) is 9.97 Å². The number of nitrogens with one attached hydrogen (secondary N) is 1. The summed E-state index contributed by atoms with van der Waals surface area (Å²) >= 11 is 0. The third-order valence-electron chi connectivity index (χ3n) is 3.36. The molecule has 0 fully saturated rings. The molecule has 2 heterocycles. The molecule has 0 saturated heterocycles. The van der Waals surface area contributed by atoms with Crippen molar-refractivity contribution in [3.8, 4) is 11.8 Å². The maximum Gasteiger partial charge on any atom is 0.137 e. The highest BCUT2D eigenvalue weighted by Gasteiger charge is 2.13. The summed E-state index contributed by atoms with van der Waals surface area (Å²) in [6.45, 7) is 1.20. The van der Waals surface area contributed by atoms with Crippen LogP contribution in [0.25, 0.3) is 10.9 Å². The average molecular weight is 295 g/mol. The minimum Gasteiger partial charge on any atom is -0.494 e. The van der Waals surface area contributed by atoms with Crippen LogP contribution in [0, 0.1) is 17.8 Å². The Balaban J connectivity index is 1.54. The number of aromatic nitrogens is 2. The minimum atomic E-state index is -0.0550. The van der Waals surface area contributed by atoms with Gasteiger partial charge in [-0.2, -0.15) is 0 Å². The van der Waals surface area contributed by atoms with E-state index in [1.54, 1.807) is 6.33 Å². The van der Waals surface area contributed by atoms with Crippen LogP contribution in [0.4, 0.5) is 5.82 Å². The summed E-state index contributed by atoms with van der Waals surface area (Å²) in [5.41, 5.74) is 0.927. The van der Waals surface area contributed by atoms with Crippen LogP contribution in [0.5, 0.6) is 0 Å². The molecule has 1 atom stereocenters. The number of aliphatic hydroxyl groups excluding tert-OH is 1. The number of rotatable bonds is 4. The van der Waals surface area contributed by atoms with Crippen LogP contribution in [-0.2, 0) is 4.74 Å². The molecule has 0 amide bonds. The van der Waals surface area contributed by atoms with E-state index in [1.807, 2.05) is 30.3 Å². The first-order valence-corrected chi connectivity index (χ1v) is 7.23. The Bertz CT molecular complexity index is 741. The van der Waals surface area contributed by atoms with Crippen molar-refractivity contribution in [2.45, 2.75) is 6.42 Å². The van der Waals surface area contributed by atoms with E-state index in [9.17, 15) is 0 Å². The van der Waals surface area contributed by atoms with Gasteiger partial charge >= 0.3 is 0 Å². The van der Waals surface area contributed by atoms with Crippen molar-refractivity contribution in [3.63, 3.8) is 0 Å². The SMILES string of the molecule is OCC1=CC(C#CCCNc2ncnc3ccccc23)CO1. The zero-order valence-corrected chi connectivity index (χ0v) is 12.1. The molecular formula is C17H17N3O2. The van der Waals surface area contributed by atoms with Gasteiger partial charge in [-0.3, -0.25) is 0 Å². The van der Waals surface area contributed by atoms with Gasteiger partial charge in [0.15, 0.2) is 0 Å². The number of benzene rings is 1. The molecule has 1 aliphatic rings. The molecule has 0 spiro atoms. The Labute approximate surface area is 129 Å². The van der Waals surface area contributed by atoms with E-state index in [-0.39, 0.29) is 12.5 Å². The van der Waals surface area contributed by atoms with E-state index in [4.69, 9.17) is 9.84 Å². The van der Waals surface area contributed by atoms with Gasteiger partial charge in [-0.15, -0.1) is 5.92 Å². The quantitative estimate of drug-likeness (QED) is 0.666. The van der Waals surface area contributed by atoms with Crippen molar-refractivity contribution < 1.29 is 9.84 Å². The van der Waals surface area contributed by atoms with Crippen LogP contribution in [0.15, 0.2) is 42.4 Å². The van der Waals surface area contributed by atoms with Gasteiger partial charge < -0.3 is 15.2 Å². The summed E-state index contributed by atoms with van der Waals surface area (Å²) in [7, 11) is 0. The number of hydrogen-bond acceptors (Lipinski definition) is 5. The Morgan fingerprint density at radius 2 is 2.23 bits per heavy atom. The van der Waals surface area contributed by atoms with Crippen LogP contribution in [0.3, 0.4) is 0 Å². The number of hydrogen-bond donors (Lipinski definition) is 2. The third kappa shape index (κ3) is 3.35. The van der Waals surface area contributed by atoms with E-state index in [2.05, 4.69) is 27.1 Å². The molecule has 2 N–H and O–H groups in total. The van der Waals surface area contributed by atoms with Crippen molar-refractivity contribution in [1.29, 1.82) is 0 Å². The number of anilines is 1. The standard InChI is InChI=1S/C17H17N3O2/c21-10-14-9-13(11-22-14)5-3-4-8-18-17-15-6-1-2-7-16(15)19-12-20-17/h1-2,6-7,9,12-13,21H,4,8,10-11H2,(H,18,19,20). The molecule has 0 saturated carbocycles. The van der Waals surface area contributed by atoms with E-state index < -0.39 is 0 Å². The van der Waals surface area contributed by atoms with E-state index in [0.717, 1.165) is 29.7 Å². The van der Waals surface area contributed by atoms with Crippen LogP contribution in [-0.4, -0.2) is 34.8 Å². The number of ether oxygens (including phenoxy) is 1. The fourth-order valence-corrected chi connectivity index (χ4v) is 2.29. The van der Waals surface area contributed by atoms with Crippen LogP contribution < -0.4 is 5.32 Å². The molecule has 112 valence electrons. The molecular weight excluding hydrogens is 278 g/mol. The molecule has 0 aliphatic carbocycles. The zero-order valence-electron chi connectivity index (χ0n) is 12.1. The molecule has 0 radical (unpaired) electrons. The molecule has 22 heavy (non-hydrogen) atoms.